The molecule has 0 saturated heterocycles. The summed E-state index contributed by atoms with van der Waals surface area (Å²) in [5, 5.41) is 1.12. The number of benzene rings is 4. The average Bonchev–Trinajstić information content (AvgIpc) is 2.95. The summed E-state index contributed by atoms with van der Waals surface area (Å²) in [7, 11) is 1.63. The van der Waals surface area contributed by atoms with Crippen molar-refractivity contribution in [2.24, 2.45) is 0 Å². The van der Waals surface area contributed by atoms with Gasteiger partial charge in [0, 0.05) is 12.5 Å². The molecular formula is C32H29NO5. The highest BCUT2D eigenvalue weighted by molar-refractivity contribution is 5.94. The number of amides is 1. The van der Waals surface area contributed by atoms with Crippen LogP contribution in [0.25, 0.3) is 12.2 Å². The number of carbonyl (C=O) groups is 2. The molecule has 0 aliphatic heterocycles. The third kappa shape index (κ3) is 6.89. The van der Waals surface area contributed by atoms with Crippen molar-refractivity contribution in [3.8, 4) is 17.2 Å². The lowest BCUT2D eigenvalue weighted by atomic mass is 10.1. The van der Waals surface area contributed by atoms with Gasteiger partial charge in [-0.1, -0.05) is 66.7 Å². The molecule has 0 bridgehead atoms. The Kier molecular flexibility index (Phi) is 8.57. The molecule has 1 atom stereocenters. The van der Waals surface area contributed by atoms with Crippen molar-refractivity contribution in [2.45, 2.75) is 19.9 Å². The summed E-state index contributed by atoms with van der Waals surface area (Å²) >= 11 is 0. The molecule has 0 aliphatic rings. The van der Waals surface area contributed by atoms with E-state index >= 15 is 0 Å². The number of ether oxygens (including phenoxy) is 2. The first-order chi connectivity index (χ1) is 18.4. The fraction of sp³-hybridized carbons (Fsp3) is 0.125. The third-order valence-electron chi connectivity index (χ3n) is 5.84. The van der Waals surface area contributed by atoms with Gasteiger partial charge in [0.25, 0.3) is 5.91 Å². The Bertz CT molecular complexity index is 1400. The van der Waals surface area contributed by atoms with Crippen molar-refractivity contribution in [1.29, 1.82) is 0 Å². The first-order valence-electron chi connectivity index (χ1n) is 12.2. The largest absolute Gasteiger partial charge is 0.497 e. The summed E-state index contributed by atoms with van der Waals surface area (Å²) in [5.41, 5.74) is 3.16. The van der Waals surface area contributed by atoms with Gasteiger partial charge >= 0.3 is 5.97 Å². The maximum absolute atomic E-state index is 13.2. The van der Waals surface area contributed by atoms with Crippen LogP contribution >= 0.6 is 0 Å². The lowest BCUT2D eigenvalue weighted by molar-refractivity contribution is -0.182. The smallest absolute Gasteiger partial charge is 0.329 e. The van der Waals surface area contributed by atoms with Crippen LogP contribution in [-0.2, 0) is 9.63 Å². The van der Waals surface area contributed by atoms with Crippen LogP contribution in [0, 0.1) is 0 Å². The van der Waals surface area contributed by atoms with Crippen LogP contribution in [0.2, 0.25) is 0 Å². The Morgan fingerprint density at radius 1 is 0.737 bits per heavy atom. The van der Waals surface area contributed by atoms with E-state index in [1.165, 1.54) is 6.92 Å². The number of hydroxylamine groups is 2. The topological polar surface area (TPSA) is 65.1 Å². The van der Waals surface area contributed by atoms with Crippen LogP contribution in [-0.4, -0.2) is 24.0 Å². The molecular weight excluding hydrogens is 478 g/mol. The van der Waals surface area contributed by atoms with E-state index in [-0.39, 0.29) is 0 Å². The highest BCUT2D eigenvalue weighted by Crippen LogP contribution is 2.26. The van der Waals surface area contributed by atoms with E-state index in [2.05, 4.69) is 0 Å². The molecule has 4 aromatic rings. The van der Waals surface area contributed by atoms with E-state index < -0.39 is 17.9 Å². The zero-order chi connectivity index (χ0) is 26.9. The average molecular weight is 508 g/mol. The second-order valence-electron chi connectivity index (χ2n) is 8.61. The van der Waals surface area contributed by atoms with Gasteiger partial charge in [-0.3, -0.25) is 9.59 Å². The van der Waals surface area contributed by atoms with Gasteiger partial charge in [-0.25, -0.2) is 0 Å². The molecule has 0 aliphatic carbocycles. The minimum Gasteiger partial charge on any atom is -0.497 e. The number of hydrogen-bond donors (Lipinski definition) is 0. The van der Waals surface area contributed by atoms with Crippen molar-refractivity contribution in [2.75, 3.05) is 7.11 Å². The van der Waals surface area contributed by atoms with Gasteiger partial charge in [-0.05, 0) is 72.1 Å². The highest BCUT2D eigenvalue weighted by Gasteiger charge is 2.26. The molecule has 0 spiro atoms. The Labute approximate surface area is 222 Å². The molecule has 4 rings (SSSR count). The van der Waals surface area contributed by atoms with Crippen LogP contribution in [0.15, 0.2) is 103 Å². The van der Waals surface area contributed by atoms with Gasteiger partial charge in [0.15, 0.2) is 0 Å². The summed E-state index contributed by atoms with van der Waals surface area (Å²) in [5.74, 6) is 1.26. The summed E-state index contributed by atoms with van der Waals surface area (Å²) < 4.78 is 11.1. The molecule has 6 heteroatoms. The fourth-order valence-electron chi connectivity index (χ4n) is 3.82. The van der Waals surface area contributed by atoms with E-state index in [0.717, 1.165) is 39.0 Å². The lowest BCUT2D eigenvalue weighted by Crippen LogP contribution is -2.35. The van der Waals surface area contributed by atoms with Gasteiger partial charge in [0.2, 0.25) is 0 Å². The third-order valence-corrected chi connectivity index (χ3v) is 5.84. The minimum atomic E-state index is -0.557. The van der Waals surface area contributed by atoms with Gasteiger partial charge in [-0.15, -0.1) is 0 Å². The number of hydrogen-bond acceptors (Lipinski definition) is 5. The maximum atomic E-state index is 13.2. The molecule has 6 nitrogen and oxygen atoms in total. The molecule has 4 aromatic carbocycles. The van der Waals surface area contributed by atoms with Crippen LogP contribution in [0.3, 0.4) is 0 Å². The molecule has 0 saturated carbocycles. The van der Waals surface area contributed by atoms with Crippen LogP contribution in [0.1, 0.15) is 46.9 Å². The predicted molar refractivity (Wildman–Crippen MR) is 148 cm³/mol. The second kappa shape index (κ2) is 12.4. The molecule has 0 radical (unpaired) electrons. The van der Waals surface area contributed by atoms with Gasteiger partial charge in [0.05, 0.1) is 13.2 Å². The van der Waals surface area contributed by atoms with Crippen LogP contribution in [0.4, 0.5) is 0 Å². The number of nitrogens with zero attached hydrogens (tertiary/aromatic N) is 1. The molecule has 1 unspecified atom stereocenters. The Balaban J connectivity index is 1.45. The monoisotopic (exact) mass is 507 g/mol. The van der Waals surface area contributed by atoms with E-state index in [0.29, 0.717) is 5.56 Å². The molecule has 0 fully saturated rings. The molecule has 0 N–H and O–H groups in total. The first kappa shape index (κ1) is 26.2. The normalized spacial score (nSPS) is 11.6. The second-order valence-corrected chi connectivity index (χ2v) is 8.61. The van der Waals surface area contributed by atoms with Crippen molar-refractivity contribution in [3.63, 3.8) is 0 Å². The minimum absolute atomic E-state index is 0.393. The zero-order valence-electron chi connectivity index (χ0n) is 21.5. The van der Waals surface area contributed by atoms with E-state index in [1.807, 2.05) is 110 Å². The maximum Gasteiger partial charge on any atom is 0.329 e. The summed E-state index contributed by atoms with van der Waals surface area (Å²) in [4.78, 5) is 30.2. The van der Waals surface area contributed by atoms with Crippen molar-refractivity contribution in [3.05, 3.63) is 125 Å². The summed E-state index contributed by atoms with van der Waals surface area (Å²) in [6.45, 7) is 3.10. The SMILES string of the molecule is COc1ccc(Oc2cccc(C=Cc3ccc(C(=O)N(OC(C)=O)C(C)c4ccccc4)cc3)c2)cc1. The Morgan fingerprint density at radius 3 is 2.05 bits per heavy atom. The fourth-order valence-corrected chi connectivity index (χ4v) is 3.82. The highest BCUT2D eigenvalue weighted by atomic mass is 16.7. The van der Waals surface area contributed by atoms with Gasteiger partial charge < -0.3 is 14.3 Å². The van der Waals surface area contributed by atoms with E-state index in [9.17, 15) is 9.59 Å². The van der Waals surface area contributed by atoms with Crippen molar-refractivity contribution in [1.82, 2.24) is 5.06 Å². The number of methoxy groups -OCH3 is 1. The first-order valence-corrected chi connectivity index (χ1v) is 12.2. The van der Waals surface area contributed by atoms with E-state index in [1.54, 1.807) is 19.2 Å². The number of rotatable bonds is 8. The van der Waals surface area contributed by atoms with Crippen molar-refractivity contribution >= 4 is 24.0 Å². The molecule has 0 aromatic heterocycles. The zero-order valence-corrected chi connectivity index (χ0v) is 21.5. The molecule has 38 heavy (non-hydrogen) atoms. The quantitative estimate of drug-likeness (QED) is 0.184. The van der Waals surface area contributed by atoms with Gasteiger partial charge in [0.1, 0.15) is 17.2 Å². The molecule has 1 amide bonds. The Hall–Kier alpha value is -4.84. The summed E-state index contributed by atoms with van der Waals surface area (Å²) in [6, 6.07) is 31.3. The summed E-state index contributed by atoms with van der Waals surface area (Å²) in [6.07, 6.45) is 3.93. The standard InChI is InChI=1S/C32H29NO5/c1-23(27-9-5-4-6-10-27)33(38-24(2)34)32(35)28-16-14-25(15-17-28)12-13-26-8-7-11-31(22-26)37-30-20-18-29(36-3)19-21-30/h4-23H,1-3H3. The predicted octanol–water partition coefficient (Wildman–Crippen LogP) is 7.34. The number of carbonyl (C=O) groups excluding carboxylic acids is 2. The van der Waals surface area contributed by atoms with Crippen molar-refractivity contribution < 1.29 is 23.9 Å². The van der Waals surface area contributed by atoms with Crippen LogP contribution < -0.4 is 9.47 Å². The Morgan fingerprint density at radius 2 is 1.39 bits per heavy atom. The lowest BCUT2D eigenvalue weighted by Gasteiger charge is -2.27. The van der Waals surface area contributed by atoms with E-state index in [4.69, 9.17) is 14.3 Å². The van der Waals surface area contributed by atoms with Gasteiger partial charge in [-0.2, -0.15) is 5.06 Å². The van der Waals surface area contributed by atoms with Crippen LogP contribution in [0.5, 0.6) is 17.2 Å². The molecule has 192 valence electrons. The molecule has 0 heterocycles.